The molecule has 1 aromatic rings. The lowest BCUT2D eigenvalue weighted by Gasteiger charge is -2.31. The third-order valence-electron chi connectivity index (χ3n) is 3.54. The number of carbonyl (C=O) groups excluding carboxylic acids is 2. The Morgan fingerprint density at radius 2 is 1.81 bits per heavy atom. The van der Waals surface area contributed by atoms with E-state index >= 15 is 0 Å². The van der Waals surface area contributed by atoms with Crippen LogP contribution >= 0.6 is 0 Å². The van der Waals surface area contributed by atoms with Crippen LogP contribution in [0.25, 0.3) is 0 Å². The van der Waals surface area contributed by atoms with Gasteiger partial charge in [-0.25, -0.2) is 4.79 Å². The van der Waals surface area contributed by atoms with Gasteiger partial charge in [-0.15, -0.1) is 0 Å². The molecular weight excluding hydrogens is 270 g/mol. The lowest BCUT2D eigenvalue weighted by atomic mass is 10.1. The second kappa shape index (κ2) is 7.22. The fourth-order valence-electron chi connectivity index (χ4n) is 2.45. The molecular formula is C16H21NO4. The topological polar surface area (TPSA) is 55.8 Å². The first-order chi connectivity index (χ1) is 10.1. The van der Waals surface area contributed by atoms with Crippen molar-refractivity contribution >= 4 is 11.9 Å². The van der Waals surface area contributed by atoms with E-state index in [2.05, 4.69) is 4.90 Å². The highest BCUT2D eigenvalue weighted by atomic mass is 16.6. The van der Waals surface area contributed by atoms with Crippen molar-refractivity contribution in [3.63, 3.8) is 0 Å². The molecule has 5 heteroatoms. The quantitative estimate of drug-likeness (QED) is 0.630. The van der Waals surface area contributed by atoms with Crippen molar-refractivity contribution in [1.29, 1.82) is 0 Å². The lowest BCUT2D eigenvalue weighted by Crippen LogP contribution is -2.40. The van der Waals surface area contributed by atoms with E-state index < -0.39 is 11.9 Å². The average Bonchev–Trinajstić information content (AvgIpc) is 2.48. The number of esters is 2. The Balaban J connectivity index is 2.04. The Bertz CT molecular complexity index is 509. The van der Waals surface area contributed by atoms with Crippen LogP contribution in [-0.2, 0) is 9.53 Å². The zero-order chi connectivity index (χ0) is 15.2. The summed E-state index contributed by atoms with van der Waals surface area (Å²) in [5.74, 6) is -0.690. The molecule has 0 radical (unpaired) electrons. The summed E-state index contributed by atoms with van der Waals surface area (Å²) in [5, 5.41) is 0. The van der Waals surface area contributed by atoms with Crippen molar-refractivity contribution in [3.05, 3.63) is 29.8 Å². The van der Waals surface area contributed by atoms with Gasteiger partial charge < -0.3 is 9.47 Å². The minimum Gasteiger partial charge on any atom is -0.443 e. The van der Waals surface area contributed by atoms with Crippen LogP contribution < -0.4 is 4.74 Å². The molecule has 1 aliphatic rings. The van der Waals surface area contributed by atoms with Gasteiger partial charge in [-0.05, 0) is 31.9 Å². The Hall–Kier alpha value is -1.88. The first kappa shape index (κ1) is 15.5. The summed E-state index contributed by atoms with van der Waals surface area (Å²) in [6.45, 7) is 5.07. The van der Waals surface area contributed by atoms with Crippen molar-refractivity contribution in [2.24, 2.45) is 0 Å². The maximum absolute atomic E-state index is 12.3. The fourth-order valence-corrected chi connectivity index (χ4v) is 2.45. The number of hydrogen-bond acceptors (Lipinski definition) is 5. The first-order valence-electron chi connectivity index (χ1n) is 7.30. The molecule has 114 valence electrons. The van der Waals surface area contributed by atoms with E-state index in [4.69, 9.17) is 9.47 Å². The highest BCUT2D eigenvalue weighted by Gasteiger charge is 2.22. The van der Waals surface area contributed by atoms with E-state index in [1.54, 1.807) is 24.3 Å². The van der Waals surface area contributed by atoms with Gasteiger partial charge in [0.05, 0.1) is 0 Å². The van der Waals surface area contributed by atoms with Gasteiger partial charge in [0.1, 0.15) is 11.3 Å². The predicted molar refractivity (Wildman–Crippen MR) is 78.1 cm³/mol. The molecule has 1 fully saturated rings. The third kappa shape index (κ3) is 4.29. The molecule has 5 nitrogen and oxygen atoms in total. The Morgan fingerprint density at radius 3 is 2.48 bits per heavy atom. The zero-order valence-corrected chi connectivity index (χ0v) is 12.5. The molecule has 0 N–H and O–H groups in total. The second-order valence-corrected chi connectivity index (χ2v) is 5.19. The Kier molecular flexibility index (Phi) is 5.33. The molecule has 21 heavy (non-hydrogen) atoms. The number of piperidine rings is 1. The monoisotopic (exact) mass is 291 g/mol. The second-order valence-electron chi connectivity index (χ2n) is 5.19. The first-order valence-corrected chi connectivity index (χ1v) is 7.30. The summed E-state index contributed by atoms with van der Waals surface area (Å²) in [5.41, 5.74) is 0.275. The van der Waals surface area contributed by atoms with Gasteiger partial charge in [-0.3, -0.25) is 9.69 Å². The summed E-state index contributed by atoms with van der Waals surface area (Å²) in [7, 11) is 0. The maximum Gasteiger partial charge on any atom is 0.343 e. The molecule has 1 saturated heterocycles. The predicted octanol–water partition coefficient (Wildman–Crippen LogP) is 2.60. The maximum atomic E-state index is 12.3. The number of ether oxygens (including phenoxy) is 2. The minimum absolute atomic E-state index is 0.237. The number of carbonyl (C=O) groups is 2. The average molecular weight is 291 g/mol. The summed E-state index contributed by atoms with van der Waals surface area (Å²) in [6.07, 6.45) is 3.22. The number of likely N-dealkylation sites (tertiary alicyclic amines) is 1. The van der Waals surface area contributed by atoms with Crippen LogP contribution in [0.4, 0.5) is 0 Å². The van der Waals surface area contributed by atoms with Crippen LogP contribution in [-0.4, -0.2) is 36.2 Å². The summed E-state index contributed by atoms with van der Waals surface area (Å²) in [4.78, 5) is 25.5. The molecule has 0 saturated carbocycles. The normalized spacial score (nSPS) is 17.0. The largest absolute Gasteiger partial charge is 0.443 e. The number of benzene rings is 1. The third-order valence-corrected chi connectivity index (χ3v) is 3.54. The smallest absolute Gasteiger partial charge is 0.343 e. The van der Waals surface area contributed by atoms with E-state index in [1.165, 1.54) is 13.3 Å². The number of nitrogens with zero attached hydrogens (tertiary/aromatic N) is 1. The summed E-state index contributed by atoms with van der Waals surface area (Å²) in [6, 6.07) is 6.62. The van der Waals surface area contributed by atoms with Crippen LogP contribution in [0.1, 0.15) is 43.5 Å². The lowest BCUT2D eigenvalue weighted by molar-refractivity contribution is -0.131. The van der Waals surface area contributed by atoms with Gasteiger partial charge in [0.15, 0.2) is 6.23 Å². The fraction of sp³-hybridized carbons (Fsp3) is 0.500. The Morgan fingerprint density at radius 1 is 1.14 bits per heavy atom. The van der Waals surface area contributed by atoms with E-state index in [-0.39, 0.29) is 17.5 Å². The molecule has 2 rings (SSSR count). The summed E-state index contributed by atoms with van der Waals surface area (Å²) < 4.78 is 10.5. The van der Waals surface area contributed by atoms with Crippen LogP contribution in [0.2, 0.25) is 0 Å². The van der Waals surface area contributed by atoms with Gasteiger partial charge in [0, 0.05) is 20.0 Å². The van der Waals surface area contributed by atoms with E-state index in [0.717, 1.165) is 25.9 Å². The molecule has 0 bridgehead atoms. The molecule has 0 amide bonds. The highest BCUT2D eigenvalue weighted by molar-refractivity contribution is 5.93. The number of rotatable bonds is 4. The van der Waals surface area contributed by atoms with Crippen LogP contribution in [0.15, 0.2) is 24.3 Å². The molecule has 0 aromatic heterocycles. The number of para-hydroxylation sites is 1. The van der Waals surface area contributed by atoms with Crippen molar-refractivity contribution in [2.75, 3.05) is 13.1 Å². The molecule has 1 aromatic carbocycles. The summed E-state index contributed by atoms with van der Waals surface area (Å²) >= 11 is 0. The van der Waals surface area contributed by atoms with E-state index in [9.17, 15) is 9.59 Å². The molecule has 0 spiro atoms. The van der Waals surface area contributed by atoms with E-state index in [1.807, 2.05) is 6.92 Å². The van der Waals surface area contributed by atoms with Crippen molar-refractivity contribution in [1.82, 2.24) is 4.90 Å². The Labute approximate surface area is 124 Å². The highest BCUT2D eigenvalue weighted by Crippen LogP contribution is 2.21. The van der Waals surface area contributed by atoms with Crippen LogP contribution in [0.3, 0.4) is 0 Å². The number of hydrogen-bond donors (Lipinski definition) is 0. The molecule has 1 unspecified atom stereocenters. The van der Waals surface area contributed by atoms with Crippen molar-refractivity contribution < 1.29 is 19.1 Å². The van der Waals surface area contributed by atoms with Gasteiger partial charge in [-0.1, -0.05) is 18.6 Å². The van der Waals surface area contributed by atoms with Gasteiger partial charge >= 0.3 is 11.9 Å². The zero-order valence-electron chi connectivity index (χ0n) is 12.5. The van der Waals surface area contributed by atoms with E-state index in [0.29, 0.717) is 0 Å². The van der Waals surface area contributed by atoms with Crippen LogP contribution in [0.5, 0.6) is 5.75 Å². The standard InChI is InChI=1S/C16H21NO4/c1-12(17-10-6-3-7-11-17)20-16(19)14-8-4-5-9-15(14)21-13(2)18/h4-5,8-9,12H,3,6-7,10-11H2,1-2H3. The van der Waals surface area contributed by atoms with Crippen molar-refractivity contribution in [2.45, 2.75) is 39.3 Å². The molecule has 1 heterocycles. The SMILES string of the molecule is CC(=O)Oc1ccccc1C(=O)OC(C)N1CCCCC1. The van der Waals surface area contributed by atoms with Crippen LogP contribution in [0, 0.1) is 0 Å². The van der Waals surface area contributed by atoms with Gasteiger partial charge in [0.25, 0.3) is 0 Å². The molecule has 1 atom stereocenters. The minimum atomic E-state index is -0.468. The molecule has 1 aliphatic heterocycles. The van der Waals surface area contributed by atoms with Gasteiger partial charge in [0.2, 0.25) is 0 Å². The van der Waals surface area contributed by atoms with Crippen molar-refractivity contribution in [3.8, 4) is 5.75 Å². The van der Waals surface area contributed by atoms with Gasteiger partial charge in [-0.2, -0.15) is 0 Å². The molecule has 0 aliphatic carbocycles.